The average molecular weight is 410 g/mol. The molecule has 1 amide bonds. The van der Waals surface area contributed by atoms with Gasteiger partial charge in [-0.3, -0.25) is 24.6 Å². The van der Waals surface area contributed by atoms with Gasteiger partial charge in [0.1, 0.15) is 4.32 Å². The minimum Gasteiger partial charge on any atom is -0.490 e. The van der Waals surface area contributed by atoms with E-state index in [9.17, 15) is 19.7 Å². The first-order chi connectivity index (χ1) is 12.9. The molecule has 1 fully saturated rings. The first-order valence-corrected chi connectivity index (χ1v) is 9.33. The largest absolute Gasteiger partial charge is 0.490 e. The van der Waals surface area contributed by atoms with Crippen molar-refractivity contribution in [3.8, 4) is 5.75 Å². The second-order valence-corrected chi connectivity index (χ2v) is 7.17. The van der Waals surface area contributed by atoms with Gasteiger partial charge in [0.15, 0.2) is 5.75 Å². The molecule has 8 nitrogen and oxygen atoms in total. The molecule has 0 unspecified atom stereocenters. The molecular weight excluding hydrogens is 392 g/mol. The van der Waals surface area contributed by atoms with E-state index in [0.717, 1.165) is 18.2 Å². The molecule has 10 heteroatoms. The number of hydrogen-bond donors (Lipinski definition) is 0. The SMILES string of the molecule is CCCOC(=O)CCN1C(=O)/C(=C/c2ccc(OC)c([N+](=O)[O-])c2)SC1=S. The summed E-state index contributed by atoms with van der Waals surface area (Å²) in [5.41, 5.74) is 0.283. The third-order valence-corrected chi connectivity index (χ3v) is 4.96. The van der Waals surface area contributed by atoms with Crippen LogP contribution in [0.2, 0.25) is 0 Å². The summed E-state index contributed by atoms with van der Waals surface area (Å²) in [5, 5.41) is 11.1. The fourth-order valence-electron chi connectivity index (χ4n) is 2.27. The third kappa shape index (κ3) is 5.27. The summed E-state index contributed by atoms with van der Waals surface area (Å²) in [5.74, 6) is -0.595. The molecule has 1 saturated heterocycles. The van der Waals surface area contributed by atoms with Crippen LogP contribution < -0.4 is 4.74 Å². The lowest BCUT2D eigenvalue weighted by Gasteiger charge is -2.13. The van der Waals surface area contributed by atoms with Crippen LogP contribution in [0.3, 0.4) is 0 Å². The van der Waals surface area contributed by atoms with Gasteiger partial charge in [-0.05, 0) is 24.1 Å². The monoisotopic (exact) mass is 410 g/mol. The van der Waals surface area contributed by atoms with Crippen molar-refractivity contribution < 1.29 is 24.0 Å². The van der Waals surface area contributed by atoms with E-state index in [0.29, 0.717) is 21.4 Å². The molecule has 0 aromatic heterocycles. The van der Waals surface area contributed by atoms with Crippen LogP contribution in [0, 0.1) is 10.1 Å². The van der Waals surface area contributed by atoms with E-state index in [1.54, 1.807) is 6.07 Å². The van der Waals surface area contributed by atoms with Gasteiger partial charge in [-0.15, -0.1) is 0 Å². The van der Waals surface area contributed by atoms with Crippen LogP contribution in [0.15, 0.2) is 23.1 Å². The lowest BCUT2D eigenvalue weighted by Crippen LogP contribution is -2.30. The number of methoxy groups -OCH3 is 1. The number of nitrogens with zero attached hydrogens (tertiary/aromatic N) is 2. The van der Waals surface area contributed by atoms with E-state index in [1.807, 2.05) is 6.92 Å². The van der Waals surface area contributed by atoms with Crippen molar-refractivity contribution in [1.82, 2.24) is 4.90 Å². The number of thiocarbonyl (C=S) groups is 1. The molecule has 1 aromatic carbocycles. The number of carbonyl (C=O) groups is 2. The highest BCUT2D eigenvalue weighted by Gasteiger charge is 2.32. The van der Waals surface area contributed by atoms with Gasteiger partial charge in [-0.1, -0.05) is 37.0 Å². The second kappa shape index (κ2) is 9.47. The van der Waals surface area contributed by atoms with Crippen LogP contribution in [-0.2, 0) is 14.3 Å². The van der Waals surface area contributed by atoms with Gasteiger partial charge >= 0.3 is 11.7 Å². The fourth-order valence-corrected chi connectivity index (χ4v) is 3.58. The highest BCUT2D eigenvalue weighted by molar-refractivity contribution is 8.26. The van der Waals surface area contributed by atoms with Crippen LogP contribution in [0.4, 0.5) is 5.69 Å². The van der Waals surface area contributed by atoms with Crippen molar-refractivity contribution in [1.29, 1.82) is 0 Å². The fraction of sp³-hybridized carbons (Fsp3) is 0.353. The Balaban J connectivity index is 2.13. The van der Waals surface area contributed by atoms with Crippen LogP contribution in [0.1, 0.15) is 25.3 Å². The Morgan fingerprint density at radius 1 is 1.44 bits per heavy atom. The maximum absolute atomic E-state index is 12.5. The Morgan fingerprint density at radius 3 is 2.81 bits per heavy atom. The Morgan fingerprint density at radius 2 is 2.19 bits per heavy atom. The minimum atomic E-state index is -0.552. The van der Waals surface area contributed by atoms with Gasteiger partial charge in [0.25, 0.3) is 5.91 Å². The van der Waals surface area contributed by atoms with Gasteiger partial charge in [-0.2, -0.15) is 0 Å². The number of hydrogen-bond acceptors (Lipinski definition) is 8. The molecule has 27 heavy (non-hydrogen) atoms. The Kier molecular flexibility index (Phi) is 7.31. The highest BCUT2D eigenvalue weighted by atomic mass is 32.2. The third-order valence-electron chi connectivity index (χ3n) is 3.58. The molecule has 1 heterocycles. The summed E-state index contributed by atoms with van der Waals surface area (Å²) in [4.78, 5) is 36.4. The standard InChI is InChI=1S/C17H18N2O6S2/c1-3-8-25-15(20)6-7-18-16(21)14(27-17(18)26)10-11-4-5-13(24-2)12(9-11)19(22)23/h4-5,9-10H,3,6-8H2,1-2H3/b14-10-. The number of amides is 1. The summed E-state index contributed by atoms with van der Waals surface area (Å²) in [6, 6.07) is 4.41. The van der Waals surface area contributed by atoms with Gasteiger partial charge in [0, 0.05) is 12.6 Å². The Bertz CT molecular complexity index is 809. The van der Waals surface area contributed by atoms with Gasteiger partial charge in [0.05, 0.1) is 30.0 Å². The number of rotatable bonds is 8. The smallest absolute Gasteiger partial charge is 0.311 e. The molecule has 1 aromatic rings. The normalized spacial score (nSPS) is 15.3. The molecule has 0 atom stereocenters. The molecule has 0 saturated carbocycles. The first kappa shape index (κ1) is 20.8. The lowest BCUT2D eigenvalue weighted by molar-refractivity contribution is -0.385. The molecule has 1 aliphatic rings. The number of nitro groups is 1. The minimum absolute atomic E-state index is 0.0493. The summed E-state index contributed by atoms with van der Waals surface area (Å²) in [6.07, 6.45) is 2.30. The molecule has 1 aliphatic heterocycles. The van der Waals surface area contributed by atoms with E-state index in [-0.39, 0.29) is 36.3 Å². The number of nitro benzene ring substituents is 1. The van der Waals surface area contributed by atoms with Crippen molar-refractivity contribution in [3.63, 3.8) is 0 Å². The van der Waals surface area contributed by atoms with Gasteiger partial charge in [-0.25, -0.2) is 0 Å². The van der Waals surface area contributed by atoms with Crippen molar-refractivity contribution in [3.05, 3.63) is 38.8 Å². The van der Waals surface area contributed by atoms with Crippen LogP contribution in [0.25, 0.3) is 6.08 Å². The summed E-state index contributed by atoms with van der Waals surface area (Å²) in [7, 11) is 1.35. The average Bonchev–Trinajstić information content (AvgIpc) is 2.91. The van der Waals surface area contributed by atoms with E-state index in [2.05, 4.69) is 0 Å². The quantitative estimate of drug-likeness (QED) is 0.212. The van der Waals surface area contributed by atoms with Crippen molar-refractivity contribution in [2.45, 2.75) is 19.8 Å². The van der Waals surface area contributed by atoms with E-state index < -0.39 is 4.92 Å². The van der Waals surface area contributed by atoms with E-state index in [4.69, 9.17) is 21.7 Å². The van der Waals surface area contributed by atoms with Crippen molar-refractivity contribution in [2.24, 2.45) is 0 Å². The number of esters is 1. The van der Waals surface area contributed by atoms with Crippen LogP contribution >= 0.6 is 24.0 Å². The zero-order valence-corrected chi connectivity index (χ0v) is 16.4. The predicted octanol–water partition coefficient (Wildman–Crippen LogP) is 3.15. The molecule has 0 bridgehead atoms. The molecule has 0 spiro atoms. The zero-order chi connectivity index (χ0) is 20.0. The molecule has 0 N–H and O–H groups in total. The molecule has 0 aliphatic carbocycles. The van der Waals surface area contributed by atoms with Gasteiger partial charge in [0.2, 0.25) is 0 Å². The summed E-state index contributed by atoms with van der Waals surface area (Å²) >= 11 is 6.29. The first-order valence-electron chi connectivity index (χ1n) is 8.10. The summed E-state index contributed by atoms with van der Waals surface area (Å²) < 4.78 is 10.3. The number of carbonyl (C=O) groups excluding carboxylic acids is 2. The van der Waals surface area contributed by atoms with Crippen LogP contribution in [-0.4, -0.2) is 46.3 Å². The second-order valence-electron chi connectivity index (χ2n) is 5.49. The molecule has 2 rings (SSSR count). The molecule has 0 radical (unpaired) electrons. The van der Waals surface area contributed by atoms with Crippen molar-refractivity contribution >= 4 is 51.9 Å². The number of benzene rings is 1. The van der Waals surface area contributed by atoms with E-state index in [1.165, 1.54) is 30.2 Å². The maximum atomic E-state index is 12.5. The topological polar surface area (TPSA) is 99.0 Å². The Hall–Kier alpha value is -2.46. The van der Waals surface area contributed by atoms with Crippen LogP contribution in [0.5, 0.6) is 5.75 Å². The molecule has 144 valence electrons. The zero-order valence-electron chi connectivity index (χ0n) is 14.8. The Labute approximate surface area is 165 Å². The predicted molar refractivity (Wildman–Crippen MR) is 105 cm³/mol. The van der Waals surface area contributed by atoms with E-state index >= 15 is 0 Å². The van der Waals surface area contributed by atoms with Gasteiger partial charge < -0.3 is 9.47 Å². The lowest BCUT2D eigenvalue weighted by atomic mass is 10.1. The molecular formula is C17H18N2O6S2. The number of ether oxygens (including phenoxy) is 2. The highest BCUT2D eigenvalue weighted by Crippen LogP contribution is 2.34. The summed E-state index contributed by atoms with van der Waals surface area (Å²) in [6.45, 7) is 2.37. The number of thioether (sulfide) groups is 1. The van der Waals surface area contributed by atoms with Crippen molar-refractivity contribution in [2.75, 3.05) is 20.3 Å². The maximum Gasteiger partial charge on any atom is 0.311 e.